The van der Waals surface area contributed by atoms with E-state index in [-0.39, 0.29) is 0 Å². The summed E-state index contributed by atoms with van der Waals surface area (Å²) in [6.45, 7) is 2.17. The molecule has 0 amide bonds. The van der Waals surface area contributed by atoms with Crippen molar-refractivity contribution in [1.29, 1.82) is 0 Å². The first kappa shape index (κ1) is 15.3. The van der Waals surface area contributed by atoms with E-state index in [9.17, 15) is 8.42 Å². The molecule has 2 heterocycles. The van der Waals surface area contributed by atoms with Gasteiger partial charge in [-0.3, -0.25) is 4.72 Å². The van der Waals surface area contributed by atoms with E-state index in [1.807, 2.05) is 12.1 Å². The average molecular weight is 337 g/mol. The summed E-state index contributed by atoms with van der Waals surface area (Å²) >= 11 is 1.67. The molecule has 1 fully saturated rings. The lowest BCUT2D eigenvalue weighted by molar-refractivity contribution is 0.577. The normalized spacial score (nSPS) is 15.8. The van der Waals surface area contributed by atoms with Gasteiger partial charge in [0.05, 0.1) is 11.9 Å². The van der Waals surface area contributed by atoms with Crippen LogP contribution in [0.1, 0.15) is 19.3 Å². The summed E-state index contributed by atoms with van der Waals surface area (Å²) in [5.41, 5.74) is 2.51. The maximum atomic E-state index is 11.2. The van der Waals surface area contributed by atoms with Gasteiger partial charge in [0.2, 0.25) is 10.0 Å². The summed E-state index contributed by atoms with van der Waals surface area (Å²) in [5, 5.41) is 3.14. The van der Waals surface area contributed by atoms with Gasteiger partial charge >= 0.3 is 0 Å². The Morgan fingerprint density at radius 2 is 1.82 bits per heavy atom. The first-order valence-electron chi connectivity index (χ1n) is 7.30. The van der Waals surface area contributed by atoms with Crippen LogP contribution in [0.4, 0.5) is 10.8 Å². The van der Waals surface area contributed by atoms with E-state index < -0.39 is 10.0 Å². The third kappa shape index (κ3) is 3.78. The van der Waals surface area contributed by atoms with Crippen molar-refractivity contribution < 1.29 is 8.42 Å². The van der Waals surface area contributed by atoms with E-state index >= 15 is 0 Å². The smallest absolute Gasteiger partial charge is 0.229 e. The Morgan fingerprint density at radius 1 is 1.14 bits per heavy atom. The molecule has 0 bridgehead atoms. The van der Waals surface area contributed by atoms with Gasteiger partial charge in [-0.1, -0.05) is 12.1 Å². The molecule has 2 aromatic rings. The minimum Gasteiger partial charge on any atom is -0.348 e. The molecule has 0 atom stereocenters. The van der Waals surface area contributed by atoms with E-state index in [4.69, 9.17) is 4.98 Å². The lowest BCUT2D eigenvalue weighted by atomic mass is 10.1. The second kappa shape index (κ2) is 6.26. The molecule has 0 radical (unpaired) electrons. The molecule has 22 heavy (non-hydrogen) atoms. The topological polar surface area (TPSA) is 62.3 Å². The lowest BCUT2D eigenvalue weighted by Gasteiger charge is -2.25. The Labute approximate surface area is 135 Å². The van der Waals surface area contributed by atoms with E-state index in [0.29, 0.717) is 5.69 Å². The highest BCUT2D eigenvalue weighted by Crippen LogP contribution is 2.29. The average Bonchev–Trinajstić information content (AvgIpc) is 2.97. The van der Waals surface area contributed by atoms with Crippen molar-refractivity contribution >= 4 is 32.2 Å². The Bertz CT molecular complexity index is 732. The van der Waals surface area contributed by atoms with Crippen LogP contribution in [0.15, 0.2) is 29.6 Å². The van der Waals surface area contributed by atoms with Crippen LogP contribution < -0.4 is 9.62 Å². The fraction of sp³-hybridized carbons (Fsp3) is 0.400. The zero-order valence-corrected chi connectivity index (χ0v) is 14.1. The number of aromatic nitrogens is 1. The van der Waals surface area contributed by atoms with Crippen LogP contribution in [-0.4, -0.2) is 32.7 Å². The van der Waals surface area contributed by atoms with Crippen LogP contribution in [0.25, 0.3) is 11.3 Å². The Hall–Kier alpha value is -1.60. The number of thiazole rings is 1. The fourth-order valence-electron chi connectivity index (χ4n) is 2.55. The Balaban J connectivity index is 1.75. The van der Waals surface area contributed by atoms with Crippen molar-refractivity contribution in [2.24, 2.45) is 0 Å². The zero-order chi connectivity index (χ0) is 15.6. The van der Waals surface area contributed by atoms with Crippen LogP contribution >= 0.6 is 11.3 Å². The minimum atomic E-state index is -3.24. The van der Waals surface area contributed by atoms with Gasteiger partial charge in [0, 0.05) is 29.7 Å². The number of benzene rings is 1. The van der Waals surface area contributed by atoms with Crippen LogP contribution in [0.2, 0.25) is 0 Å². The van der Waals surface area contributed by atoms with Crippen LogP contribution in [0.3, 0.4) is 0 Å². The molecule has 3 rings (SSSR count). The summed E-state index contributed by atoms with van der Waals surface area (Å²) in [4.78, 5) is 7.06. The lowest BCUT2D eigenvalue weighted by Crippen LogP contribution is -2.29. The van der Waals surface area contributed by atoms with Crippen molar-refractivity contribution in [2.75, 3.05) is 29.0 Å². The molecule has 1 aromatic carbocycles. The molecule has 1 aromatic heterocycles. The van der Waals surface area contributed by atoms with E-state index in [2.05, 4.69) is 15.0 Å². The molecule has 1 aliphatic rings. The summed E-state index contributed by atoms with van der Waals surface area (Å²) < 4.78 is 24.9. The third-order valence-electron chi connectivity index (χ3n) is 3.60. The third-order valence-corrected chi connectivity index (χ3v) is 5.11. The molecule has 0 aliphatic carbocycles. The first-order chi connectivity index (χ1) is 10.5. The SMILES string of the molecule is CS(=O)(=O)Nc1ccc(-c2csc(N3CCCCC3)n2)cc1. The predicted octanol–water partition coefficient (Wildman–Crippen LogP) is 3.17. The van der Waals surface area contributed by atoms with E-state index in [0.717, 1.165) is 35.7 Å². The zero-order valence-electron chi connectivity index (χ0n) is 12.4. The van der Waals surface area contributed by atoms with Crippen molar-refractivity contribution in [3.8, 4) is 11.3 Å². The van der Waals surface area contributed by atoms with Crippen molar-refractivity contribution in [3.05, 3.63) is 29.6 Å². The number of nitrogens with one attached hydrogen (secondary N) is 1. The van der Waals surface area contributed by atoms with Gasteiger partial charge in [0.15, 0.2) is 5.13 Å². The van der Waals surface area contributed by atoms with Gasteiger partial charge in [-0.25, -0.2) is 13.4 Å². The van der Waals surface area contributed by atoms with Gasteiger partial charge in [0.1, 0.15) is 0 Å². The number of sulfonamides is 1. The maximum absolute atomic E-state index is 11.2. The number of anilines is 2. The van der Waals surface area contributed by atoms with Gasteiger partial charge < -0.3 is 4.90 Å². The van der Waals surface area contributed by atoms with Crippen molar-refractivity contribution in [1.82, 2.24) is 4.98 Å². The maximum Gasteiger partial charge on any atom is 0.229 e. The van der Waals surface area contributed by atoms with Crippen LogP contribution in [-0.2, 0) is 10.0 Å². The summed E-state index contributed by atoms with van der Waals surface area (Å²) in [5.74, 6) is 0. The summed E-state index contributed by atoms with van der Waals surface area (Å²) in [7, 11) is -3.24. The van der Waals surface area contributed by atoms with E-state index in [1.54, 1.807) is 23.5 Å². The molecular formula is C15H19N3O2S2. The Morgan fingerprint density at radius 3 is 2.45 bits per heavy atom. The van der Waals surface area contributed by atoms with Gasteiger partial charge in [0.25, 0.3) is 0 Å². The standard InChI is InChI=1S/C15H19N3O2S2/c1-22(19,20)17-13-7-5-12(6-8-13)14-11-21-15(16-14)18-9-3-2-4-10-18/h5-8,11,17H,2-4,9-10H2,1H3. The number of rotatable bonds is 4. The molecule has 5 nitrogen and oxygen atoms in total. The largest absolute Gasteiger partial charge is 0.348 e. The van der Waals surface area contributed by atoms with Crippen molar-refractivity contribution in [2.45, 2.75) is 19.3 Å². The number of nitrogens with zero attached hydrogens (tertiary/aromatic N) is 2. The molecule has 118 valence electrons. The monoisotopic (exact) mass is 337 g/mol. The second-order valence-electron chi connectivity index (χ2n) is 5.51. The predicted molar refractivity (Wildman–Crippen MR) is 92.1 cm³/mol. The summed E-state index contributed by atoms with van der Waals surface area (Å²) in [6.07, 6.45) is 4.93. The van der Waals surface area contributed by atoms with Crippen molar-refractivity contribution in [3.63, 3.8) is 0 Å². The molecule has 1 aliphatic heterocycles. The Kier molecular flexibility index (Phi) is 4.35. The molecule has 1 saturated heterocycles. The number of hydrogen-bond acceptors (Lipinski definition) is 5. The summed E-state index contributed by atoms with van der Waals surface area (Å²) in [6, 6.07) is 7.30. The van der Waals surface area contributed by atoms with Crippen LogP contribution in [0.5, 0.6) is 0 Å². The first-order valence-corrected chi connectivity index (χ1v) is 10.1. The molecule has 0 unspecified atom stereocenters. The second-order valence-corrected chi connectivity index (χ2v) is 8.10. The highest BCUT2D eigenvalue weighted by molar-refractivity contribution is 7.92. The highest BCUT2D eigenvalue weighted by Gasteiger charge is 2.14. The number of piperidine rings is 1. The molecule has 0 saturated carbocycles. The molecular weight excluding hydrogens is 318 g/mol. The molecule has 0 spiro atoms. The fourth-order valence-corrected chi connectivity index (χ4v) is 4.00. The number of hydrogen-bond donors (Lipinski definition) is 1. The van der Waals surface area contributed by atoms with E-state index in [1.165, 1.54) is 19.3 Å². The quantitative estimate of drug-likeness (QED) is 0.931. The van der Waals surface area contributed by atoms with Crippen LogP contribution in [0, 0.1) is 0 Å². The highest BCUT2D eigenvalue weighted by atomic mass is 32.2. The van der Waals surface area contributed by atoms with Gasteiger partial charge in [-0.2, -0.15) is 0 Å². The molecule has 1 N–H and O–H groups in total. The molecule has 7 heteroatoms. The van der Waals surface area contributed by atoms with Gasteiger partial charge in [-0.15, -0.1) is 11.3 Å². The van der Waals surface area contributed by atoms with Gasteiger partial charge in [-0.05, 0) is 31.4 Å². The minimum absolute atomic E-state index is 0.567.